The Hall–Kier alpha value is -0.120. The van der Waals surface area contributed by atoms with Crippen molar-refractivity contribution in [3.63, 3.8) is 0 Å². The molecule has 0 aromatic carbocycles. The zero-order valence-electron chi connectivity index (χ0n) is 13.7. The summed E-state index contributed by atoms with van der Waals surface area (Å²) in [6.07, 6.45) is 7.29. The molecule has 2 aliphatic rings. The molecule has 1 N–H and O–H groups in total. The molecule has 2 fully saturated rings. The van der Waals surface area contributed by atoms with Gasteiger partial charge in [-0.3, -0.25) is 0 Å². The van der Waals surface area contributed by atoms with E-state index in [1.165, 1.54) is 51.7 Å². The third-order valence-corrected chi connectivity index (χ3v) is 5.78. The monoisotopic (exact) mass is 282 g/mol. The molecule has 3 unspecified atom stereocenters. The average Bonchev–Trinajstić information content (AvgIpc) is 2.49. The SMILES string of the molecule is CCC1CCC(O)C(CN(C)C2CCN(CC)CC2)C1. The topological polar surface area (TPSA) is 26.7 Å². The summed E-state index contributed by atoms with van der Waals surface area (Å²) in [7, 11) is 2.27. The Labute approximate surface area is 125 Å². The molecule has 0 aromatic heterocycles. The lowest BCUT2D eigenvalue weighted by Gasteiger charge is -2.40. The van der Waals surface area contributed by atoms with Gasteiger partial charge in [-0.15, -0.1) is 0 Å². The number of hydrogen-bond acceptors (Lipinski definition) is 3. The van der Waals surface area contributed by atoms with E-state index in [4.69, 9.17) is 0 Å². The van der Waals surface area contributed by atoms with Crippen LogP contribution in [0.1, 0.15) is 52.4 Å². The number of hydrogen-bond donors (Lipinski definition) is 1. The summed E-state index contributed by atoms with van der Waals surface area (Å²) in [5.74, 6) is 1.35. The van der Waals surface area contributed by atoms with Gasteiger partial charge in [0, 0.05) is 12.6 Å². The third kappa shape index (κ3) is 4.19. The predicted octanol–water partition coefficient (Wildman–Crippen LogP) is 2.59. The van der Waals surface area contributed by atoms with E-state index in [2.05, 4.69) is 30.7 Å². The van der Waals surface area contributed by atoms with Gasteiger partial charge in [-0.1, -0.05) is 20.3 Å². The minimum absolute atomic E-state index is 0.0593. The lowest BCUT2D eigenvalue weighted by Crippen LogP contribution is -2.46. The Kier molecular flexibility index (Phi) is 6.31. The van der Waals surface area contributed by atoms with Crippen LogP contribution in [0.3, 0.4) is 0 Å². The van der Waals surface area contributed by atoms with E-state index in [9.17, 15) is 5.11 Å². The Morgan fingerprint density at radius 1 is 1.10 bits per heavy atom. The quantitative estimate of drug-likeness (QED) is 0.839. The van der Waals surface area contributed by atoms with E-state index in [-0.39, 0.29) is 6.10 Å². The van der Waals surface area contributed by atoms with Crippen LogP contribution in [0.4, 0.5) is 0 Å². The van der Waals surface area contributed by atoms with Crippen molar-refractivity contribution in [1.82, 2.24) is 9.80 Å². The molecule has 0 aromatic rings. The van der Waals surface area contributed by atoms with Crippen LogP contribution in [-0.2, 0) is 0 Å². The van der Waals surface area contributed by atoms with Crippen LogP contribution < -0.4 is 0 Å². The van der Waals surface area contributed by atoms with Gasteiger partial charge in [-0.2, -0.15) is 0 Å². The fourth-order valence-electron chi connectivity index (χ4n) is 4.11. The normalized spacial score (nSPS) is 33.8. The second-order valence-electron chi connectivity index (χ2n) is 7.02. The van der Waals surface area contributed by atoms with Crippen molar-refractivity contribution in [2.24, 2.45) is 11.8 Å². The van der Waals surface area contributed by atoms with E-state index in [0.29, 0.717) is 5.92 Å². The highest BCUT2D eigenvalue weighted by Gasteiger charge is 2.31. The summed E-state index contributed by atoms with van der Waals surface area (Å²) in [6, 6.07) is 0.729. The molecular weight excluding hydrogens is 248 g/mol. The maximum Gasteiger partial charge on any atom is 0.0580 e. The zero-order chi connectivity index (χ0) is 14.5. The highest BCUT2D eigenvalue weighted by molar-refractivity contribution is 4.84. The molecule has 2 rings (SSSR count). The van der Waals surface area contributed by atoms with Crippen LogP contribution in [0, 0.1) is 11.8 Å². The Morgan fingerprint density at radius 2 is 1.80 bits per heavy atom. The van der Waals surface area contributed by atoms with Gasteiger partial charge in [-0.25, -0.2) is 0 Å². The molecule has 118 valence electrons. The van der Waals surface area contributed by atoms with Crippen LogP contribution in [0.2, 0.25) is 0 Å². The van der Waals surface area contributed by atoms with E-state index in [1.54, 1.807) is 0 Å². The van der Waals surface area contributed by atoms with E-state index in [0.717, 1.165) is 24.9 Å². The average molecular weight is 282 g/mol. The number of rotatable bonds is 5. The number of aliphatic hydroxyl groups excluding tert-OH is 1. The summed E-state index contributed by atoms with van der Waals surface area (Å²) in [5, 5.41) is 10.3. The Morgan fingerprint density at radius 3 is 2.40 bits per heavy atom. The second-order valence-corrected chi connectivity index (χ2v) is 7.02. The predicted molar refractivity (Wildman–Crippen MR) is 84.9 cm³/mol. The minimum atomic E-state index is -0.0593. The Bertz CT molecular complexity index is 276. The second kappa shape index (κ2) is 7.77. The Balaban J connectivity index is 1.79. The molecule has 1 heterocycles. The number of piperidine rings is 1. The standard InChI is InChI=1S/C17H34N2O/c1-4-14-6-7-17(20)15(12-14)13-18(3)16-8-10-19(5-2)11-9-16/h14-17,20H,4-13H2,1-3H3. The molecule has 0 radical (unpaired) electrons. The highest BCUT2D eigenvalue weighted by Crippen LogP contribution is 2.32. The number of nitrogens with zero attached hydrogens (tertiary/aromatic N) is 2. The van der Waals surface area contributed by atoms with Crippen molar-refractivity contribution in [3.8, 4) is 0 Å². The van der Waals surface area contributed by atoms with Crippen LogP contribution in [-0.4, -0.2) is 60.3 Å². The fourth-order valence-corrected chi connectivity index (χ4v) is 4.11. The fraction of sp³-hybridized carbons (Fsp3) is 1.00. The van der Waals surface area contributed by atoms with Crippen LogP contribution >= 0.6 is 0 Å². The van der Waals surface area contributed by atoms with Gasteiger partial charge >= 0.3 is 0 Å². The summed E-state index contributed by atoms with van der Waals surface area (Å²) in [4.78, 5) is 5.09. The van der Waals surface area contributed by atoms with Crippen molar-refractivity contribution < 1.29 is 5.11 Å². The molecule has 0 amide bonds. The zero-order valence-corrected chi connectivity index (χ0v) is 13.7. The van der Waals surface area contributed by atoms with E-state index < -0.39 is 0 Å². The van der Waals surface area contributed by atoms with Crippen LogP contribution in [0.25, 0.3) is 0 Å². The van der Waals surface area contributed by atoms with Gasteiger partial charge in [0.2, 0.25) is 0 Å². The molecule has 1 saturated heterocycles. The molecule has 0 spiro atoms. The largest absolute Gasteiger partial charge is 0.393 e. The first-order valence-corrected chi connectivity index (χ1v) is 8.74. The van der Waals surface area contributed by atoms with Crippen molar-refractivity contribution in [2.75, 3.05) is 33.2 Å². The molecular formula is C17H34N2O. The first-order valence-electron chi connectivity index (χ1n) is 8.74. The van der Waals surface area contributed by atoms with Gasteiger partial charge in [0.15, 0.2) is 0 Å². The van der Waals surface area contributed by atoms with Crippen LogP contribution in [0.15, 0.2) is 0 Å². The maximum absolute atomic E-state index is 10.3. The van der Waals surface area contributed by atoms with E-state index >= 15 is 0 Å². The first-order chi connectivity index (χ1) is 9.63. The number of likely N-dealkylation sites (tertiary alicyclic amines) is 1. The van der Waals surface area contributed by atoms with Gasteiger partial charge in [0.25, 0.3) is 0 Å². The van der Waals surface area contributed by atoms with Crippen molar-refractivity contribution >= 4 is 0 Å². The molecule has 3 nitrogen and oxygen atoms in total. The number of aliphatic hydroxyl groups is 1. The van der Waals surface area contributed by atoms with Gasteiger partial charge in [-0.05, 0) is 70.6 Å². The van der Waals surface area contributed by atoms with Gasteiger partial charge < -0.3 is 14.9 Å². The minimum Gasteiger partial charge on any atom is -0.393 e. The molecule has 20 heavy (non-hydrogen) atoms. The molecule has 0 bridgehead atoms. The van der Waals surface area contributed by atoms with Crippen molar-refractivity contribution in [1.29, 1.82) is 0 Å². The summed E-state index contributed by atoms with van der Waals surface area (Å²) in [6.45, 7) is 9.33. The maximum atomic E-state index is 10.3. The molecule has 3 atom stereocenters. The molecule has 1 saturated carbocycles. The van der Waals surface area contributed by atoms with Crippen LogP contribution in [0.5, 0.6) is 0 Å². The molecule has 1 aliphatic heterocycles. The van der Waals surface area contributed by atoms with E-state index in [1.807, 2.05) is 0 Å². The summed E-state index contributed by atoms with van der Waals surface area (Å²) >= 11 is 0. The van der Waals surface area contributed by atoms with Gasteiger partial charge in [0.05, 0.1) is 6.10 Å². The summed E-state index contributed by atoms with van der Waals surface area (Å²) < 4.78 is 0. The van der Waals surface area contributed by atoms with Gasteiger partial charge in [0.1, 0.15) is 0 Å². The summed E-state index contributed by atoms with van der Waals surface area (Å²) in [5.41, 5.74) is 0. The van der Waals surface area contributed by atoms with Crippen molar-refractivity contribution in [2.45, 2.75) is 64.5 Å². The molecule has 3 heteroatoms. The lowest BCUT2D eigenvalue weighted by molar-refractivity contribution is 0.0173. The third-order valence-electron chi connectivity index (χ3n) is 5.78. The van der Waals surface area contributed by atoms with Crippen molar-refractivity contribution in [3.05, 3.63) is 0 Å². The smallest absolute Gasteiger partial charge is 0.0580 e. The first kappa shape index (κ1) is 16.3. The highest BCUT2D eigenvalue weighted by atomic mass is 16.3. The lowest BCUT2D eigenvalue weighted by atomic mass is 9.78. The molecule has 1 aliphatic carbocycles.